The van der Waals surface area contributed by atoms with Crippen molar-refractivity contribution in [2.45, 2.75) is 129 Å². The molecule has 0 bridgehead atoms. The number of aliphatic hydroxyl groups is 2. The van der Waals surface area contributed by atoms with E-state index >= 15 is 0 Å². The number of hydrogen-bond acceptors (Lipinski definition) is 10. The van der Waals surface area contributed by atoms with E-state index in [1.165, 1.54) is 62.2 Å². The third-order valence-corrected chi connectivity index (χ3v) is 14.8. The topological polar surface area (TPSA) is 175 Å². The van der Waals surface area contributed by atoms with Crippen LogP contribution >= 0.6 is 7.82 Å². The zero-order valence-corrected chi connectivity index (χ0v) is 29.2. The molecule has 0 radical (unpaired) electrons. The van der Waals surface area contributed by atoms with Crippen LogP contribution in [0.25, 0.3) is 11.2 Å². The van der Waals surface area contributed by atoms with Crippen molar-refractivity contribution >= 4 is 24.8 Å². The molecule has 47 heavy (non-hydrogen) atoms. The van der Waals surface area contributed by atoms with Crippen LogP contribution in [0.15, 0.2) is 12.7 Å². The van der Waals surface area contributed by atoms with E-state index in [4.69, 9.17) is 19.5 Å². The Morgan fingerprint density at radius 1 is 1.06 bits per heavy atom. The average Bonchev–Trinajstić information content (AvgIpc) is 3.70. The number of aromatic nitrogens is 4. The molecule has 262 valence electrons. The standard InChI is InChI=1S/C34H54N5O7P/c1-5-6-19(2)23-9-10-24-22-8-7-20-15-21(11-13-33(20,3)25(22)12-14-34(23,24)4)46-47(42,43)44-16-26-28(40)29(41)32(45-26)39-18-38-27-30(35)36-17-37-31(27)39/h17-26,28-29,32,40-41H,5-16H2,1-4H3,(H,42,43)(H2,35,36,37)/t19-,20?,21?,22?,23-,24?,25?,26-,28-,29-,32-,33+,34-/m1/s1. The number of nitrogen functional groups attached to an aromatic ring is 1. The summed E-state index contributed by atoms with van der Waals surface area (Å²) in [4.78, 5) is 23.0. The Bertz CT molecular complexity index is 1490. The first-order valence-electron chi connectivity index (χ1n) is 18.0. The van der Waals surface area contributed by atoms with Crippen molar-refractivity contribution < 1.29 is 33.5 Å². The van der Waals surface area contributed by atoms with Gasteiger partial charge in [0.1, 0.15) is 30.2 Å². The lowest BCUT2D eigenvalue weighted by Crippen LogP contribution is -2.54. The lowest BCUT2D eigenvalue weighted by Gasteiger charge is -2.61. The van der Waals surface area contributed by atoms with Gasteiger partial charge in [0, 0.05) is 0 Å². The van der Waals surface area contributed by atoms with Crippen molar-refractivity contribution in [3.05, 3.63) is 12.7 Å². The number of fused-ring (bicyclic) bond motifs is 6. The zero-order valence-electron chi connectivity index (χ0n) is 28.3. The Kier molecular flexibility index (Phi) is 9.06. The molecule has 1 aliphatic heterocycles. The molecule has 0 amide bonds. The minimum Gasteiger partial charge on any atom is -0.387 e. The van der Waals surface area contributed by atoms with E-state index in [9.17, 15) is 19.7 Å². The fraction of sp³-hybridized carbons (Fsp3) is 0.853. The maximum atomic E-state index is 13.2. The second-order valence-electron chi connectivity index (χ2n) is 16.0. The first-order chi connectivity index (χ1) is 22.4. The number of phosphoric ester groups is 1. The molecular weight excluding hydrogens is 621 g/mol. The molecule has 14 atom stereocenters. The largest absolute Gasteiger partial charge is 0.472 e. The van der Waals surface area contributed by atoms with E-state index in [1.54, 1.807) is 0 Å². The summed E-state index contributed by atoms with van der Waals surface area (Å²) in [5.41, 5.74) is 7.26. The molecule has 2 aromatic heterocycles. The molecule has 0 aromatic carbocycles. The highest BCUT2D eigenvalue weighted by molar-refractivity contribution is 7.47. The van der Waals surface area contributed by atoms with Crippen LogP contribution in [0, 0.1) is 46.3 Å². The van der Waals surface area contributed by atoms with Crippen molar-refractivity contribution in [1.82, 2.24) is 19.5 Å². The van der Waals surface area contributed by atoms with Crippen molar-refractivity contribution in [1.29, 1.82) is 0 Å². The molecule has 5 fully saturated rings. The molecule has 5 N–H and O–H groups in total. The lowest BCUT2D eigenvalue weighted by molar-refractivity contribution is -0.129. The number of phosphoric acid groups is 1. The molecule has 6 unspecified atom stereocenters. The zero-order chi connectivity index (χ0) is 33.3. The van der Waals surface area contributed by atoms with Crippen molar-refractivity contribution in [2.24, 2.45) is 46.3 Å². The molecule has 3 heterocycles. The summed E-state index contributed by atoms with van der Waals surface area (Å²) >= 11 is 0. The van der Waals surface area contributed by atoms with E-state index in [0.717, 1.165) is 49.4 Å². The Morgan fingerprint density at radius 2 is 1.83 bits per heavy atom. The Morgan fingerprint density at radius 3 is 2.62 bits per heavy atom. The van der Waals surface area contributed by atoms with E-state index in [2.05, 4.69) is 42.6 Å². The molecular formula is C34H54N5O7P. The summed E-state index contributed by atoms with van der Waals surface area (Å²) in [6, 6.07) is 0. The fourth-order valence-corrected chi connectivity index (χ4v) is 12.5. The number of ether oxygens (including phenoxy) is 1. The minimum absolute atomic E-state index is 0.178. The molecule has 0 spiro atoms. The molecule has 4 aliphatic carbocycles. The smallest absolute Gasteiger partial charge is 0.387 e. The van der Waals surface area contributed by atoms with E-state index in [1.807, 2.05) is 0 Å². The van der Waals surface area contributed by atoms with Gasteiger partial charge in [-0.1, -0.05) is 40.5 Å². The summed E-state index contributed by atoms with van der Waals surface area (Å²) < 4.78 is 31.7. The third-order valence-electron chi connectivity index (χ3n) is 13.8. The predicted octanol–water partition coefficient (Wildman–Crippen LogP) is 5.63. The number of nitrogens with two attached hydrogens (primary N) is 1. The predicted molar refractivity (Wildman–Crippen MR) is 176 cm³/mol. The van der Waals surface area contributed by atoms with Crippen LogP contribution in [0.4, 0.5) is 5.82 Å². The Labute approximate surface area is 277 Å². The monoisotopic (exact) mass is 675 g/mol. The minimum atomic E-state index is -4.46. The van der Waals surface area contributed by atoms with Gasteiger partial charge >= 0.3 is 7.82 Å². The van der Waals surface area contributed by atoms with Crippen LogP contribution in [-0.2, 0) is 18.3 Å². The first kappa shape index (κ1) is 33.8. The van der Waals surface area contributed by atoms with E-state index in [0.29, 0.717) is 28.4 Å². The van der Waals surface area contributed by atoms with E-state index < -0.39 is 39.0 Å². The van der Waals surface area contributed by atoms with Gasteiger partial charge < -0.3 is 25.6 Å². The van der Waals surface area contributed by atoms with Gasteiger partial charge in [-0.3, -0.25) is 13.6 Å². The van der Waals surface area contributed by atoms with Gasteiger partial charge in [-0.05, 0) is 104 Å². The van der Waals surface area contributed by atoms with Gasteiger partial charge in [-0.15, -0.1) is 0 Å². The summed E-state index contributed by atoms with van der Waals surface area (Å²) in [5, 5.41) is 21.4. The van der Waals surface area contributed by atoms with Crippen molar-refractivity contribution in [2.75, 3.05) is 12.3 Å². The summed E-state index contributed by atoms with van der Waals surface area (Å²) in [5.74, 6) is 4.64. The second kappa shape index (κ2) is 12.6. The quantitative estimate of drug-likeness (QED) is 0.243. The van der Waals surface area contributed by atoms with Crippen LogP contribution in [-0.4, -0.2) is 65.6 Å². The van der Waals surface area contributed by atoms with Crippen molar-refractivity contribution in [3.8, 4) is 0 Å². The third kappa shape index (κ3) is 5.77. The van der Waals surface area contributed by atoms with Crippen LogP contribution in [0.1, 0.15) is 105 Å². The molecule has 13 heteroatoms. The molecule has 1 saturated heterocycles. The maximum Gasteiger partial charge on any atom is 0.472 e. The van der Waals surface area contributed by atoms with Gasteiger partial charge in [0.15, 0.2) is 17.7 Å². The molecule has 12 nitrogen and oxygen atoms in total. The number of rotatable bonds is 9. The number of hydrogen-bond donors (Lipinski definition) is 4. The van der Waals surface area contributed by atoms with Gasteiger partial charge in [-0.2, -0.15) is 0 Å². The molecule has 7 rings (SSSR count). The van der Waals surface area contributed by atoms with E-state index in [-0.39, 0.29) is 17.3 Å². The normalized spacial score (nSPS) is 43.6. The molecule has 4 saturated carbocycles. The molecule has 2 aromatic rings. The number of imidazole rings is 1. The van der Waals surface area contributed by atoms with Gasteiger partial charge in [0.2, 0.25) is 0 Å². The second-order valence-corrected chi connectivity index (χ2v) is 17.5. The Hall–Kier alpha value is -1.66. The highest BCUT2D eigenvalue weighted by atomic mass is 31.2. The first-order valence-corrected chi connectivity index (χ1v) is 19.5. The van der Waals surface area contributed by atoms with Crippen LogP contribution in [0.5, 0.6) is 0 Å². The summed E-state index contributed by atoms with van der Waals surface area (Å²) in [7, 11) is -4.46. The molecule has 5 aliphatic rings. The summed E-state index contributed by atoms with van der Waals surface area (Å²) in [6.07, 6.45) is 10.4. The van der Waals surface area contributed by atoms with Gasteiger partial charge in [0.25, 0.3) is 0 Å². The van der Waals surface area contributed by atoms with Gasteiger partial charge in [0.05, 0.1) is 19.0 Å². The number of nitrogens with zero attached hydrogens (tertiary/aromatic N) is 4. The van der Waals surface area contributed by atoms with Crippen LogP contribution < -0.4 is 5.73 Å². The summed E-state index contributed by atoms with van der Waals surface area (Å²) in [6.45, 7) is 9.51. The maximum absolute atomic E-state index is 13.2. The fourth-order valence-electron chi connectivity index (χ4n) is 11.5. The average molecular weight is 676 g/mol. The van der Waals surface area contributed by atoms with Crippen LogP contribution in [0.2, 0.25) is 0 Å². The number of anilines is 1. The lowest BCUT2D eigenvalue weighted by atomic mass is 9.44. The van der Waals surface area contributed by atoms with Crippen molar-refractivity contribution in [3.63, 3.8) is 0 Å². The van der Waals surface area contributed by atoms with Crippen LogP contribution in [0.3, 0.4) is 0 Å². The number of aliphatic hydroxyl groups excluding tert-OH is 2. The van der Waals surface area contributed by atoms with Gasteiger partial charge in [-0.25, -0.2) is 19.5 Å². The SMILES string of the molecule is CCC[C@@H](C)[C@H]1CCC2C3CCC4CC(OP(=O)(O)OC[C@H]5O[C@@H](n6cnc7c(N)ncnc76)[C@H](O)[C@@H]5O)CC[C@]4(C)C3CC[C@@]21C. The highest BCUT2D eigenvalue weighted by Crippen LogP contribution is 2.69. The Balaban J connectivity index is 0.950. The highest BCUT2D eigenvalue weighted by Gasteiger charge is 2.61.